The van der Waals surface area contributed by atoms with Crippen molar-refractivity contribution in [1.82, 2.24) is 10.2 Å². The summed E-state index contributed by atoms with van der Waals surface area (Å²) < 4.78 is 0. The number of nitrogens with zero attached hydrogens (tertiary/aromatic N) is 1. The van der Waals surface area contributed by atoms with Crippen LogP contribution in [0.25, 0.3) is 0 Å². The van der Waals surface area contributed by atoms with Gasteiger partial charge in [0.15, 0.2) is 0 Å². The third kappa shape index (κ3) is 4.33. The lowest BCUT2D eigenvalue weighted by Gasteiger charge is -2.32. The zero-order valence-electron chi connectivity index (χ0n) is 10.4. The first kappa shape index (κ1) is 14.4. The number of piperidine rings is 1. The lowest BCUT2D eigenvalue weighted by atomic mass is 9.96. The summed E-state index contributed by atoms with van der Waals surface area (Å²) in [7, 11) is 0. The van der Waals surface area contributed by atoms with Crippen LogP contribution in [0, 0.1) is 5.92 Å². The fourth-order valence-corrected chi connectivity index (χ4v) is 2.09. The van der Waals surface area contributed by atoms with E-state index < -0.39 is 12.0 Å². The number of amides is 2. The van der Waals surface area contributed by atoms with Crippen molar-refractivity contribution in [1.29, 1.82) is 0 Å². The fraction of sp³-hybridized carbons (Fsp3) is 0.727. The van der Waals surface area contributed by atoms with Crippen LogP contribution < -0.4 is 11.1 Å². The van der Waals surface area contributed by atoms with Crippen LogP contribution in [0.15, 0.2) is 0 Å². The van der Waals surface area contributed by atoms with Crippen LogP contribution in [0.3, 0.4) is 0 Å². The van der Waals surface area contributed by atoms with Gasteiger partial charge in [-0.25, -0.2) is 4.79 Å². The number of carbonyl (C=O) groups is 3. The van der Waals surface area contributed by atoms with Gasteiger partial charge in [0.2, 0.25) is 11.8 Å². The Bertz CT molecular complexity index is 337. The predicted octanol–water partition coefficient (Wildman–Crippen LogP) is -1.23. The van der Waals surface area contributed by atoms with E-state index in [0.717, 1.165) is 0 Å². The molecule has 0 bridgehead atoms. The molecule has 0 aromatic rings. The monoisotopic (exact) mass is 257 g/mol. The molecule has 0 saturated carbocycles. The quantitative estimate of drug-likeness (QED) is 0.571. The summed E-state index contributed by atoms with van der Waals surface area (Å²) in [5.41, 5.74) is 5.22. The number of rotatable bonds is 5. The molecular weight excluding hydrogens is 238 g/mol. The molecule has 1 atom stereocenters. The Labute approximate surface area is 105 Å². The average Bonchev–Trinajstić information content (AvgIpc) is 2.28. The number of hydrogen-bond acceptors (Lipinski definition) is 4. The summed E-state index contributed by atoms with van der Waals surface area (Å²) in [5, 5.41) is 11.4. The molecule has 7 heteroatoms. The standard InChI is InChI=1S/C11H19N3O4/c1-7(15)13-9(11(17)18)6-14-4-2-8(3-5-14)10(12)16/h8-9H,2-6H2,1H3,(H2,12,16)(H,13,15)(H,17,18). The maximum atomic E-state index is 11.0. The number of carboxylic acid groups (broad SMARTS) is 1. The molecule has 1 saturated heterocycles. The molecule has 102 valence electrons. The highest BCUT2D eigenvalue weighted by Gasteiger charge is 2.27. The number of primary amides is 1. The van der Waals surface area contributed by atoms with Gasteiger partial charge >= 0.3 is 5.97 Å². The number of aliphatic carboxylic acids is 1. The van der Waals surface area contributed by atoms with Crippen LogP contribution in [0.4, 0.5) is 0 Å². The van der Waals surface area contributed by atoms with E-state index in [0.29, 0.717) is 25.9 Å². The fourth-order valence-electron chi connectivity index (χ4n) is 2.09. The molecule has 0 radical (unpaired) electrons. The Balaban J connectivity index is 2.44. The first-order valence-corrected chi connectivity index (χ1v) is 5.91. The Kier molecular flexibility index (Phi) is 5.08. The summed E-state index contributed by atoms with van der Waals surface area (Å²) >= 11 is 0. The normalized spacial score (nSPS) is 19.2. The van der Waals surface area contributed by atoms with E-state index in [1.54, 1.807) is 0 Å². The topological polar surface area (TPSA) is 113 Å². The van der Waals surface area contributed by atoms with Gasteiger partial charge < -0.3 is 21.1 Å². The molecule has 4 N–H and O–H groups in total. The Morgan fingerprint density at radius 1 is 1.39 bits per heavy atom. The lowest BCUT2D eigenvalue weighted by molar-refractivity contribution is -0.142. The molecule has 0 spiro atoms. The van der Waals surface area contributed by atoms with Gasteiger partial charge in [-0.2, -0.15) is 0 Å². The van der Waals surface area contributed by atoms with E-state index in [-0.39, 0.29) is 24.3 Å². The van der Waals surface area contributed by atoms with Crippen molar-refractivity contribution < 1.29 is 19.5 Å². The summed E-state index contributed by atoms with van der Waals surface area (Å²) in [5.74, 6) is -1.84. The van der Waals surface area contributed by atoms with Crippen molar-refractivity contribution in [2.24, 2.45) is 11.7 Å². The first-order chi connectivity index (χ1) is 8.40. The molecular formula is C11H19N3O4. The SMILES string of the molecule is CC(=O)NC(CN1CCC(C(N)=O)CC1)C(=O)O. The zero-order valence-corrected chi connectivity index (χ0v) is 10.4. The van der Waals surface area contributed by atoms with Crippen molar-refractivity contribution in [2.75, 3.05) is 19.6 Å². The second kappa shape index (κ2) is 6.34. The lowest BCUT2D eigenvalue weighted by Crippen LogP contribution is -2.50. The van der Waals surface area contributed by atoms with E-state index in [4.69, 9.17) is 10.8 Å². The van der Waals surface area contributed by atoms with Crippen LogP contribution >= 0.6 is 0 Å². The molecule has 0 aliphatic carbocycles. The van der Waals surface area contributed by atoms with Gasteiger partial charge in [-0.05, 0) is 25.9 Å². The van der Waals surface area contributed by atoms with Gasteiger partial charge in [-0.3, -0.25) is 9.59 Å². The molecule has 1 aliphatic heterocycles. The number of likely N-dealkylation sites (tertiary alicyclic amines) is 1. The average molecular weight is 257 g/mol. The molecule has 1 fully saturated rings. The molecule has 0 aromatic heterocycles. The van der Waals surface area contributed by atoms with Gasteiger partial charge in [-0.1, -0.05) is 0 Å². The predicted molar refractivity (Wildman–Crippen MR) is 63.6 cm³/mol. The smallest absolute Gasteiger partial charge is 0.327 e. The van der Waals surface area contributed by atoms with Crippen LogP contribution in [0.5, 0.6) is 0 Å². The van der Waals surface area contributed by atoms with Gasteiger partial charge in [-0.15, -0.1) is 0 Å². The Hall–Kier alpha value is -1.63. The molecule has 1 unspecified atom stereocenters. The Morgan fingerprint density at radius 2 is 1.94 bits per heavy atom. The molecule has 1 rings (SSSR count). The zero-order chi connectivity index (χ0) is 13.7. The van der Waals surface area contributed by atoms with E-state index in [1.165, 1.54) is 6.92 Å². The van der Waals surface area contributed by atoms with Crippen molar-refractivity contribution in [3.63, 3.8) is 0 Å². The van der Waals surface area contributed by atoms with E-state index in [2.05, 4.69) is 5.32 Å². The number of carbonyl (C=O) groups excluding carboxylic acids is 2. The van der Waals surface area contributed by atoms with E-state index >= 15 is 0 Å². The van der Waals surface area contributed by atoms with Gasteiger partial charge in [0.1, 0.15) is 6.04 Å². The minimum absolute atomic E-state index is 0.120. The minimum atomic E-state index is -1.05. The second-order valence-corrected chi connectivity index (χ2v) is 4.57. The highest BCUT2D eigenvalue weighted by Crippen LogP contribution is 2.16. The summed E-state index contributed by atoms with van der Waals surface area (Å²) in [4.78, 5) is 34.8. The highest BCUT2D eigenvalue weighted by molar-refractivity contribution is 5.82. The molecule has 2 amide bonds. The van der Waals surface area contributed by atoms with Crippen LogP contribution in [-0.2, 0) is 14.4 Å². The van der Waals surface area contributed by atoms with Crippen LogP contribution in [0.1, 0.15) is 19.8 Å². The van der Waals surface area contributed by atoms with Gasteiger partial charge in [0, 0.05) is 19.4 Å². The molecule has 1 aliphatic rings. The summed E-state index contributed by atoms with van der Waals surface area (Å²) in [6.45, 7) is 2.78. The van der Waals surface area contributed by atoms with Crippen molar-refractivity contribution >= 4 is 17.8 Å². The molecule has 1 heterocycles. The molecule has 7 nitrogen and oxygen atoms in total. The van der Waals surface area contributed by atoms with Crippen LogP contribution in [0.2, 0.25) is 0 Å². The van der Waals surface area contributed by atoms with Crippen molar-refractivity contribution in [2.45, 2.75) is 25.8 Å². The summed E-state index contributed by atoms with van der Waals surface area (Å²) in [6, 6.07) is -0.910. The van der Waals surface area contributed by atoms with Gasteiger partial charge in [0.05, 0.1) is 0 Å². The largest absolute Gasteiger partial charge is 0.480 e. The first-order valence-electron chi connectivity index (χ1n) is 5.91. The third-order valence-corrected chi connectivity index (χ3v) is 3.11. The second-order valence-electron chi connectivity index (χ2n) is 4.57. The molecule has 0 aromatic carbocycles. The number of nitrogens with one attached hydrogen (secondary N) is 1. The third-order valence-electron chi connectivity index (χ3n) is 3.11. The van der Waals surface area contributed by atoms with E-state index in [1.807, 2.05) is 4.90 Å². The number of carboxylic acids is 1. The van der Waals surface area contributed by atoms with Crippen LogP contribution in [-0.4, -0.2) is 53.5 Å². The highest BCUT2D eigenvalue weighted by atomic mass is 16.4. The maximum absolute atomic E-state index is 11.0. The van der Waals surface area contributed by atoms with Crippen molar-refractivity contribution in [3.8, 4) is 0 Å². The molecule has 18 heavy (non-hydrogen) atoms. The minimum Gasteiger partial charge on any atom is -0.480 e. The number of nitrogens with two attached hydrogens (primary N) is 1. The van der Waals surface area contributed by atoms with Crippen molar-refractivity contribution in [3.05, 3.63) is 0 Å². The number of hydrogen-bond donors (Lipinski definition) is 3. The van der Waals surface area contributed by atoms with Gasteiger partial charge in [0.25, 0.3) is 0 Å². The maximum Gasteiger partial charge on any atom is 0.327 e. The summed E-state index contributed by atoms with van der Waals surface area (Å²) in [6.07, 6.45) is 1.28. The Morgan fingerprint density at radius 3 is 2.33 bits per heavy atom. The van der Waals surface area contributed by atoms with E-state index in [9.17, 15) is 14.4 Å².